The number of anilines is 1. The Morgan fingerprint density at radius 2 is 1.62 bits per heavy atom. The number of sulfonamides is 1. The molecule has 0 saturated carbocycles. The summed E-state index contributed by atoms with van der Waals surface area (Å²) in [5.41, 5.74) is -0.185. The van der Waals surface area contributed by atoms with Crippen LogP contribution < -0.4 is 9.04 Å². The van der Waals surface area contributed by atoms with Crippen LogP contribution in [0.15, 0.2) is 71.6 Å². The van der Waals surface area contributed by atoms with Gasteiger partial charge in [0, 0.05) is 13.1 Å². The van der Waals surface area contributed by atoms with Crippen LogP contribution in [0.1, 0.15) is 0 Å². The molecule has 150 valence electrons. The first kappa shape index (κ1) is 20.2. The fourth-order valence-electron chi connectivity index (χ4n) is 2.48. The van der Waals surface area contributed by atoms with Crippen LogP contribution in [0, 0.1) is 21.7 Å². The Morgan fingerprint density at radius 1 is 0.966 bits per heavy atom. The van der Waals surface area contributed by atoms with Gasteiger partial charge < -0.3 is 4.74 Å². The van der Waals surface area contributed by atoms with Gasteiger partial charge in [0.15, 0.2) is 11.6 Å². The fraction of sp³-hybridized carbons (Fsp3) is 0.0526. The third kappa shape index (κ3) is 4.16. The van der Waals surface area contributed by atoms with E-state index in [0.717, 1.165) is 34.6 Å². The highest BCUT2D eigenvalue weighted by Gasteiger charge is 2.24. The van der Waals surface area contributed by atoms with Crippen molar-refractivity contribution < 1.29 is 26.9 Å². The number of nitrogens with zero attached hydrogens (tertiary/aromatic N) is 2. The Morgan fingerprint density at radius 3 is 2.21 bits per heavy atom. The highest BCUT2D eigenvalue weighted by atomic mass is 32.2. The number of halogens is 2. The third-order valence-electron chi connectivity index (χ3n) is 4.03. The molecule has 0 aliphatic carbocycles. The minimum absolute atomic E-state index is 0.179. The monoisotopic (exact) mass is 420 g/mol. The lowest BCUT2D eigenvalue weighted by Gasteiger charge is -2.20. The number of non-ortho nitro benzene ring substituents is 1. The van der Waals surface area contributed by atoms with Crippen LogP contribution in [0.5, 0.6) is 11.5 Å². The zero-order valence-corrected chi connectivity index (χ0v) is 15.8. The zero-order chi connectivity index (χ0) is 21.2. The van der Waals surface area contributed by atoms with Crippen LogP contribution in [-0.2, 0) is 10.0 Å². The predicted octanol–water partition coefficient (Wildman–Crippen LogP) is 4.49. The Kier molecular flexibility index (Phi) is 5.46. The van der Waals surface area contributed by atoms with Crippen LogP contribution in [0.2, 0.25) is 0 Å². The van der Waals surface area contributed by atoms with Gasteiger partial charge >= 0.3 is 0 Å². The minimum atomic E-state index is -4.12. The van der Waals surface area contributed by atoms with Gasteiger partial charge in [0.05, 0.1) is 16.7 Å². The van der Waals surface area contributed by atoms with Crippen molar-refractivity contribution in [1.82, 2.24) is 0 Å². The summed E-state index contributed by atoms with van der Waals surface area (Å²) in [5.74, 6) is -1.83. The van der Waals surface area contributed by atoms with E-state index in [4.69, 9.17) is 4.74 Å². The molecule has 0 fully saturated rings. The first-order valence-corrected chi connectivity index (χ1v) is 9.59. The van der Waals surface area contributed by atoms with Gasteiger partial charge in [-0.05, 0) is 42.5 Å². The van der Waals surface area contributed by atoms with Crippen molar-refractivity contribution in [3.05, 3.63) is 88.5 Å². The highest BCUT2D eigenvalue weighted by molar-refractivity contribution is 7.92. The molecule has 3 aromatic carbocycles. The second kappa shape index (κ2) is 7.84. The van der Waals surface area contributed by atoms with Crippen molar-refractivity contribution in [2.24, 2.45) is 0 Å². The number of ether oxygens (including phenoxy) is 1. The van der Waals surface area contributed by atoms with Crippen LogP contribution >= 0.6 is 0 Å². The summed E-state index contributed by atoms with van der Waals surface area (Å²) < 4.78 is 59.3. The predicted molar refractivity (Wildman–Crippen MR) is 102 cm³/mol. The Labute approximate surface area is 165 Å². The molecule has 0 atom stereocenters. The molecule has 0 saturated heterocycles. The van der Waals surface area contributed by atoms with Gasteiger partial charge in [-0.3, -0.25) is 14.4 Å². The number of hydrogen-bond donors (Lipinski definition) is 0. The van der Waals surface area contributed by atoms with Gasteiger partial charge in [-0.25, -0.2) is 17.2 Å². The second-order valence-corrected chi connectivity index (χ2v) is 7.81. The maximum absolute atomic E-state index is 13.9. The molecule has 0 aliphatic heterocycles. The number of benzene rings is 3. The van der Waals surface area contributed by atoms with E-state index in [9.17, 15) is 27.3 Å². The number of nitro benzene ring substituents is 1. The maximum atomic E-state index is 13.9. The summed E-state index contributed by atoms with van der Waals surface area (Å²) in [7, 11) is -2.85. The lowest BCUT2D eigenvalue weighted by Crippen LogP contribution is -2.27. The standard InChI is InChI=1S/C19H14F2N2O5S/c1-22(29(26,27)19-5-3-2-4-16(19)20)13-6-9-15(10-7-13)28-18-11-8-14(23(24)25)12-17(18)21/h2-12H,1H3. The second-order valence-electron chi connectivity index (χ2n) is 5.87. The van der Waals surface area contributed by atoms with Gasteiger partial charge in [-0.1, -0.05) is 12.1 Å². The van der Waals surface area contributed by atoms with Crippen molar-refractivity contribution in [3.8, 4) is 11.5 Å². The van der Waals surface area contributed by atoms with Crippen molar-refractivity contribution in [1.29, 1.82) is 0 Å². The molecule has 0 aromatic heterocycles. The number of rotatable bonds is 6. The zero-order valence-electron chi connectivity index (χ0n) is 15.0. The third-order valence-corrected chi connectivity index (χ3v) is 5.85. The summed E-state index contributed by atoms with van der Waals surface area (Å²) in [6.45, 7) is 0. The summed E-state index contributed by atoms with van der Waals surface area (Å²) in [6, 6.07) is 13.6. The van der Waals surface area contributed by atoms with Crippen LogP contribution in [-0.4, -0.2) is 20.4 Å². The lowest BCUT2D eigenvalue weighted by atomic mass is 10.3. The van der Waals surface area contributed by atoms with E-state index in [0.29, 0.717) is 0 Å². The molecule has 0 unspecified atom stereocenters. The summed E-state index contributed by atoms with van der Waals surface area (Å²) in [5, 5.41) is 10.6. The summed E-state index contributed by atoms with van der Waals surface area (Å²) in [4.78, 5) is 9.46. The van der Waals surface area contributed by atoms with E-state index in [2.05, 4.69) is 0 Å². The molecule has 3 rings (SSSR count). The molecule has 0 N–H and O–H groups in total. The van der Waals surface area contributed by atoms with Crippen LogP contribution in [0.25, 0.3) is 0 Å². The Hall–Kier alpha value is -3.53. The molecule has 7 nitrogen and oxygen atoms in total. The van der Waals surface area contributed by atoms with Crippen molar-refractivity contribution in [2.45, 2.75) is 4.90 Å². The number of nitro groups is 1. The van der Waals surface area contributed by atoms with E-state index >= 15 is 0 Å². The van der Waals surface area contributed by atoms with Crippen LogP contribution in [0.4, 0.5) is 20.2 Å². The lowest BCUT2D eigenvalue weighted by molar-refractivity contribution is -0.385. The van der Waals surface area contributed by atoms with E-state index in [1.807, 2.05) is 0 Å². The topological polar surface area (TPSA) is 89.8 Å². The molecule has 0 amide bonds. The molecule has 0 bridgehead atoms. The smallest absolute Gasteiger partial charge is 0.272 e. The molecule has 29 heavy (non-hydrogen) atoms. The Balaban J connectivity index is 1.82. The van der Waals surface area contributed by atoms with E-state index < -0.39 is 37.2 Å². The maximum Gasteiger partial charge on any atom is 0.272 e. The molecule has 0 radical (unpaired) electrons. The average Bonchev–Trinajstić information content (AvgIpc) is 2.69. The van der Waals surface area contributed by atoms with Crippen LogP contribution in [0.3, 0.4) is 0 Å². The summed E-state index contributed by atoms with van der Waals surface area (Å²) >= 11 is 0. The molecular formula is C19H14F2N2O5S. The van der Waals surface area contributed by atoms with Crippen molar-refractivity contribution in [2.75, 3.05) is 11.4 Å². The van der Waals surface area contributed by atoms with E-state index in [1.165, 1.54) is 43.4 Å². The highest BCUT2D eigenvalue weighted by Crippen LogP contribution is 2.30. The quantitative estimate of drug-likeness (QED) is 0.433. The van der Waals surface area contributed by atoms with Gasteiger partial charge in [-0.2, -0.15) is 0 Å². The van der Waals surface area contributed by atoms with Gasteiger partial charge in [0.2, 0.25) is 0 Å². The van der Waals surface area contributed by atoms with Crippen molar-refractivity contribution in [3.63, 3.8) is 0 Å². The molecule has 0 heterocycles. The fourth-order valence-corrected chi connectivity index (χ4v) is 3.74. The first-order chi connectivity index (χ1) is 13.7. The SMILES string of the molecule is CN(c1ccc(Oc2ccc([N+](=O)[O-])cc2F)cc1)S(=O)(=O)c1ccccc1F. The normalized spacial score (nSPS) is 11.1. The largest absolute Gasteiger partial charge is 0.454 e. The molecule has 0 spiro atoms. The van der Waals surface area contributed by atoms with Gasteiger partial charge in [0.1, 0.15) is 16.5 Å². The first-order valence-electron chi connectivity index (χ1n) is 8.15. The molecule has 10 heteroatoms. The Bertz CT molecular complexity index is 1170. The minimum Gasteiger partial charge on any atom is -0.454 e. The molecule has 0 aliphatic rings. The number of hydrogen-bond acceptors (Lipinski definition) is 5. The summed E-state index contributed by atoms with van der Waals surface area (Å²) in [6.07, 6.45) is 0. The van der Waals surface area contributed by atoms with Crippen molar-refractivity contribution >= 4 is 21.4 Å². The molecular weight excluding hydrogens is 406 g/mol. The average molecular weight is 420 g/mol. The van der Waals surface area contributed by atoms with E-state index in [1.54, 1.807) is 0 Å². The van der Waals surface area contributed by atoms with Gasteiger partial charge in [-0.15, -0.1) is 0 Å². The van der Waals surface area contributed by atoms with E-state index in [-0.39, 0.29) is 17.2 Å². The van der Waals surface area contributed by atoms with Gasteiger partial charge in [0.25, 0.3) is 15.7 Å². The molecule has 3 aromatic rings.